The van der Waals surface area contributed by atoms with Gasteiger partial charge in [-0.2, -0.15) is 0 Å². The number of esters is 1. The van der Waals surface area contributed by atoms with Crippen molar-refractivity contribution >= 4 is 11.9 Å². The van der Waals surface area contributed by atoms with Crippen LogP contribution in [0, 0.1) is 11.8 Å². The summed E-state index contributed by atoms with van der Waals surface area (Å²) < 4.78 is 6.05. The average molecular weight is 455 g/mol. The number of carbonyl (C=O) groups is 2. The van der Waals surface area contributed by atoms with Crippen LogP contribution >= 0.6 is 0 Å². The fraction of sp³-hybridized carbons (Fsp3) is 0.929. The number of carboxylic acid groups (broad SMARTS) is 1. The first kappa shape index (κ1) is 30.9. The first-order chi connectivity index (χ1) is 15.5. The SMILES string of the molecule is CCCCCCCCCCC(OC(=O)CCCC(CC)C(=O)O)C(CCC)CCCCC. The van der Waals surface area contributed by atoms with E-state index in [9.17, 15) is 14.7 Å². The Hall–Kier alpha value is -1.06. The molecule has 0 bridgehead atoms. The molecule has 0 fully saturated rings. The lowest BCUT2D eigenvalue weighted by atomic mass is 9.88. The van der Waals surface area contributed by atoms with E-state index in [2.05, 4.69) is 20.8 Å². The van der Waals surface area contributed by atoms with E-state index in [4.69, 9.17) is 4.74 Å². The summed E-state index contributed by atoms with van der Waals surface area (Å²) in [6.45, 7) is 8.60. The molecule has 3 unspecified atom stereocenters. The number of unbranched alkanes of at least 4 members (excludes halogenated alkanes) is 9. The third-order valence-corrected chi connectivity index (χ3v) is 6.76. The Balaban J connectivity index is 4.63. The minimum absolute atomic E-state index is 0.0286. The molecule has 190 valence electrons. The van der Waals surface area contributed by atoms with Gasteiger partial charge in [0.05, 0.1) is 5.92 Å². The van der Waals surface area contributed by atoms with E-state index < -0.39 is 5.97 Å². The van der Waals surface area contributed by atoms with Crippen molar-refractivity contribution in [2.45, 2.75) is 156 Å². The smallest absolute Gasteiger partial charge is 0.306 e. The number of carbonyl (C=O) groups excluding carboxylic acids is 1. The van der Waals surface area contributed by atoms with Gasteiger partial charge in [0, 0.05) is 6.42 Å². The highest BCUT2D eigenvalue weighted by Gasteiger charge is 2.24. The lowest BCUT2D eigenvalue weighted by molar-refractivity contribution is -0.153. The van der Waals surface area contributed by atoms with Crippen molar-refractivity contribution in [2.24, 2.45) is 11.8 Å². The fourth-order valence-electron chi connectivity index (χ4n) is 4.64. The summed E-state index contributed by atoms with van der Waals surface area (Å²) in [6.07, 6.45) is 20.5. The van der Waals surface area contributed by atoms with E-state index in [1.807, 2.05) is 6.92 Å². The summed E-state index contributed by atoms with van der Waals surface area (Å²) >= 11 is 0. The van der Waals surface area contributed by atoms with Gasteiger partial charge in [-0.25, -0.2) is 0 Å². The van der Waals surface area contributed by atoms with Gasteiger partial charge in [0.2, 0.25) is 0 Å². The summed E-state index contributed by atoms with van der Waals surface area (Å²) in [4.78, 5) is 23.8. The number of hydrogen-bond donors (Lipinski definition) is 1. The lowest BCUT2D eigenvalue weighted by Gasteiger charge is -2.27. The number of rotatable bonds is 23. The van der Waals surface area contributed by atoms with E-state index >= 15 is 0 Å². The Morgan fingerprint density at radius 1 is 0.656 bits per heavy atom. The van der Waals surface area contributed by atoms with Crippen molar-refractivity contribution in [1.82, 2.24) is 0 Å². The highest BCUT2D eigenvalue weighted by molar-refractivity contribution is 5.71. The fourth-order valence-corrected chi connectivity index (χ4v) is 4.64. The van der Waals surface area contributed by atoms with Crippen LogP contribution < -0.4 is 0 Å². The second-order valence-electron chi connectivity index (χ2n) is 9.67. The maximum absolute atomic E-state index is 12.6. The number of ether oxygens (including phenoxy) is 1. The van der Waals surface area contributed by atoms with Gasteiger partial charge in [0.25, 0.3) is 0 Å². The van der Waals surface area contributed by atoms with Gasteiger partial charge in [-0.15, -0.1) is 0 Å². The molecule has 0 amide bonds. The van der Waals surface area contributed by atoms with Crippen molar-refractivity contribution in [1.29, 1.82) is 0 Å². The topological polar surface area (TPSA) is 63.6 Å². The average Bonchev–Trinajstić information content (AvgIpc) is 2.77. The van der Waals surface area contributed by atoms with Crippen LogP contribution in [0.3, 0.4) is 0 Å². The van der Waals surface area contributed by atoms with Gasteiger partial charge in [0.1, 0.15) is 6.10 Å². The summed E-state index contributed by atoms with van der Waals surface area (Å²) in [7, 11) is 0. The van der Waals surface area contributed by atoms with E-state index in [1.54, 1.807) is 0 Å². The van der Waals surface area contributed by atoms with E-state index in [-0.39, 0.29) is 18.0 Å². The zero-order valence-electron chi connectivity index (χ0n) is 21.8. The summed E-state index contributed by atoms with van der Waals surface area (Å²) in [5.74, 6) is -0.779. The van der Waals surface area contributed by atoms with Crippen LogP contribution in [-0.2, 0) is 14.3 Å². The zero-order valence-corrected chi connectivity index (χ0v) is 21.8. The third-order valence-electron chi connectivity index (χ3n) is 6.76. The van der Waals surface area contributed by atoms with Crippen LogP contribution in [0.5, 0.6) is 0 Å². The van der Waals surface area contributed by atoms with Crippen LogP contribution in [0.1, 0.15) is 150 Å². The second kappa shape index (κ2) is 21.8. The Morgan fingerprint density at radius 2 is 1.22 bits per heavy atom. The maximum Gasteiger partial charge on any atom is 0.306 e. The molecule has 0 aliphatic rings. The molecule has 0 aromatic heterocycles. The monoisotopic (exact) mass is 454 g/mol. The molecular weight excluding hydrogens is 400 g/mol. The molecule has 32 heavy (non-hydrogen) atoms. The van der Waals surface area contributed by atoms with E-state index in [1.165, 1.54) is 64.2 Å². The van der Waals surface area contributed by atoms with Crippen LogP contribution in [-0.4, -0.2) is 23.1 Å². The Kier molecular flexibility index (Phi) is 21.0. The van der Waals surface area contributed by atoms with Crippen molar-refractivity contribution in [2.75, 3.05) is 0 Å². The molecule has 0 heterocycles. The Morgan fingerprint density at radius 3 is 1.78 bits per heavy atom. The molecule has 0 spiro atoms. The van der Waals surface area contributed by atoms with Gasteiger partial charge in [-0.05, 0) is 50.9 Å². The first-order valence-corrected chi connectivity index (χ1v) is 13.9. The molecule has 0 aromatic rings. The molecular formula is C28H54O4. The van der Waals surface area contributed by atoms with Gasteiger partial charge in [-0.1, -0.05) is 98.3 Å². The predicted octanol–water partition coefficient (Wildman–Crippen LogP) is 8.71. The molecule has 1 N–H and O–H groups in total. The number of carboxylic acids is 1. The van der Waals surface area contributed by atoms with Crippen molar-refractivity contribution in [3.8, 4) is 0 Å². The minimum Gasteiger partial charge on any atom is -0.481 e. The highest BCUT2D eigenvalue weighted by Crippen LogP contribution is 2.27. The summed E-state index contributed by atoms with van der Waals surface area (Å²) in [6, 6.07) is 0. The second-order valence-corrected chi connectivity index (χ2v) is 9.67. The standard InChI is InChI=1S/C28H54O4/c1-5-9-11-12-13-14-15-17-22-26(25(19-7-3)20-16-10-6-2)32-27(29)23-18-21-24(8-4)28(30)31/h24-26H,5-23H2,1-4H3,(H,30,31). The third kappa shape index (κ3) is 16.6. The Bertz CT molecular complexity index is 449. The molecule has 0 saturated carbocycles. The minimum atomic E-state index is -0.757. The van der Waals surface area contributed by atoms with Crippen molar-refractivity contribution < 1.29 is 19.4 Å². The van der Waals surface area contributed by atoms with Crippen molar-refractivity contribution in [3.05, 3.63) is 0 Å². The molecule has 0 aliphatic carbocycles. The van der Waals surface area contributed by atoms with Gasteiger partial charge >= 0.3 is 11.9 Å². The number of hydrogen-bond acceptors (Lipinski definition) is 3. The van der Waals surface area contributed by atoms with E-state index in [0.717, 1.165) is 32.1 Å². The molecule has 3 atom stereocenters. The van der Waals surface area contributed by atoms with Crippen LogP contribution in [0.15, 0.2) is 0 Å². The van der Waals surface area contributed by atoms with Crippen molar-refractivity contribution in [3.63, 3.8) is 0 Å². The quantitative estimate of drug-likeness (QED) is 0.124. The maximum atomic E-state index is 12.6. The Labute approximate surface area is 199 Å². The molecule has 0 radical (unpaired) electrons. The first-order valence-electron chi connectivity index (χ1n) is 13.9. The predicted molar refractivity (Wildman–Crippen MR) is 135 cm³/mol. The highest BCUT2D eigenvalue weighted by atomic mass is 16.5. The van der Waals surface area contributed by atoms with E-state index in [0.29, 0.717) is 31.6 Å². The normalized spacial score (nSPS) is 14.1. The molecule has 0 rings (SSSR count). The molecule has 4 heteroatoms. The van der Waals surface area contributed by atoms with Crippen LogP contribution in [0.25, 0.3) is 0 Å². The lowest BCUT2D eigenvalue weighted by Crippen LogP contribution is -2.27. The molecule has 0 aliphatic heterocycles. The molecule has 4 nitrogen and oxygen atoms in total. The van der Waals surface area contributed by atoms with Crippen LogP contribution in [0.2, 0.25) is 0 Å². The van der Waals surface area contributed by atoms with Gasteiger partial charge in [0.15, 0.2) is 0 Å². The van der Waals surface area contributed by atoms with Crippen LogP contribution in [0.4, 0.5) is 0 Å². The summed E-state index contributed by atoms with van der Waals surface area (Å²) in [5.41, 5.74) is 0. The largest absolute Gasteiger partial charge is 0.481 e. The van der Waals surface area contributed by atoms with Gasteiger partial charge in [-0.3, -0.25) is 9.59 Å². The summed E-state index contributed by atoms with van der Waals surface area (Å²) in [5, 5.41) is 9.20. The number of aliphatic carboxylic acids is 1. The molecule has 0 saturated heterocycles. The van der Waals surface area contributed by atoms with Gasteiger partial charge < -0.3 is 9.84 Å². The zero-order chi connectivity index (χ0) is 24.0. The molecule has 0 aromatic carbocycles.